The van der Waals surface area contributed by atoms with Crippen molar-refractivity contribution in [2.24, 2.45) is 13.0 Å². The molecule has 0 radical (unpaired) electrons. The van der Waals surface area contributed by atoms with Crippen LogP contribution in [-0.4, -0.2) is 32.8 Å². The summed E-state index contributed by atoms with van der Waals surface area (Å²) in [6.07, 6.45) is 6.09. The summed E-state index contributed by atoms with van der Waals surface area (Å²) in [4.78, 5) is 20.6. The molecule has 7 heteroatoms. The Balaban J connectivity index is 1.34. The molecule has 7 nitrogen and oxygen atoms in total. The number of benzene rings is 2. The number of aromatic nitrogens is 4. The summed E-state index contributed by atoms with van der Waals surface area (Å²) in [5.74, 6) is 1.63. The van der Waals surface area contributed by atoms with Gasteiger partial charge in [0.1, 0.15) is 5.82 Å². The lowest BCUT2D eigenvalue weighted by Crippen LogP contribution is -2.03. The molecule has 2 unspecified atom stereocenters. The standard InChI is InChI=1S/C28H27N5O2/c1-17(2)25-15-29-16-26(31-25)32-27-24(14-30-33(27)3)21-11-7-19(8-12-21)18-5-9-20(10-6-18)22-13-23(22)28(34)35-4/h5-12,14-16,22-23H,1,13H2,2-4H3,(H,31,32). The molecule has 2 heterocycles. The molecule has 0 bridgehead atoms. The number of hydrogen-bond donors (Lipinski definition) is 1. The summed E-state index contributed by atoms with van der Waals surface area (Å²) in [7, 11) is 3.34. The van der Waals surface area contributed by atoms with Gasteiger partial charge >= 0.3 is 5.97 Å². The van der Waals surface area contributed by atoms with Crippen molar-refractivity contribution in [2.75, 3.05) is 12.4 Å². The molecule has 1 fully saturated rings. The van der Waals surface area contributed by atoms with Crippen molar-refractivity contribution in [3.63, 3.8) is 0 Å². The smallest absolute Gasteiger partial charge is 0.309 e. The maximum Gasteiger partial charge on any atom is 0.309 e. The number of hydrogen-bond acceptors (Lipinski definition) is 6. The van der Waals surface area contributed by atoms with Crippen molar-refractivity contribution in [3.05, 3.63) is 85.0 Å². The second kappa shape index (κ2) is 9.18. The van der Waals surface area contributed by atoms with Gasteiger partial charge in [0.25, 0.3) is 0 Å². The third-order valence-electron chi connectivity index (χ3n) is 6.42. The summed E-state index contributed by atoms with van der Waals surface area (Å²) in [5, 5.41) is 7.79. The van der Waals surface area contributed by atoms with Gasteiger partial charge in [0.05, 0.1) is 37.3 Å². The number of rotatable bonds is 7. The Labute approximate surface area is 204 Å². The summed E-state index contributed by atoms with van der Waals surface area (Å²) in [6.45, 7) is 5.85. The van der Waals surface area contributed by atoms with Gasteiger partial charge in [-0.1, -0.05) is 55.1 Å². The fraction of sp³-hybridized carbons (Fsp3) is 0.214. The van der Waals surface area contributed by atoms with Gasteiger partial charge in [-0.3, -0.25) is 14.5 Å². The molecule has 1 saturated carbocycles. The molecule has 0 aliphatic heterocycles. The van der Waals surface area contributed by atoms with Crippen molar-refractivity contribution in [1.82, 2.24) is 19.7 Å². The minimum absolute atomic E-state index is 0.00155. The average Bonchev–Trinajstić information content (AvgIpc) is 3.61. The van der Waals surface area contributed by atoms with Gasteiger partial charge in [-0.25, -0.2) is 4.98 Å². The van der Waals surface area contributed by atoms with Crippen LogP contribution in [0.3, 0.4) is 0 Å². The van der Waals surface area contributed by atoms with Gasteiger partial charge in [0.2, 0.25) is 0 Å². The fourth-order valence-electron chi connectivity index (χ4n) is 4.29. The summed E-state index contributed by atoms with van der Waals surface area (Å²) < 4.78 is 6.65. The van der Waals surface area contributed by atoms with E-state index in [1.165, 1.54) is 12.7 Å². The highest BCUT2D eigenvalue weighted by Crippen LogP contribution is 2.48. The normalized spacial score (nSPS) is 16.5. The van der Waals surface area contributed by atoms with Gasteiger partial charge in [-0.2, -0.15) is 5.10 Å². The molecular weight excluding hydrogens is 438 g/mol. The fourth-order valence-corrected chi connectivity index (χ4v) is 4.29. The van der Waals surface area contributed by atoms with Crippen molar-refractivity contribution in [3.8, 4) is 22.3 Å². The van der Waals surface area contributed by atoms with Crippen LogP contribution in [0.5, 0.6) is 0 Å². The summed E-state index contributed by atoms with van der Waals surface area (Å²) in [6, 6.07) is 16.8. The number of nitrogens with zero attached hydrogens (tertiary/aromatic N) is 4. The number of anilines is 2. The van der Waals surface area contributed by atoms with E-state index in [0.717, 1.165) is 45.8 Å². The van der Waals surface area contributed by atoms with E-state index >= 15 is 0 Å². The largest absolute Gasteiger partial charge is 0.469 e. The second-order valence-electron chi connectivity index (χ2n) is 8.90. The average molecular weight is 466 g/mol. The van der Waals surface area contributed by atoms with Crippen LogP contribution in [0.25, 0.3) is 27.8 Å². The Kier molecular flexibility index (Phi) is 5.91. The molecule has 176 valence electrons. The molecule has 2 aromatic heterocycles. The SMILES string of the molecule is C=C(C)c1cncc(Nc2c(-c3ccc(-c4ccc(C5CC5C(=O)OC)cc4)cc3)cnn2C)n1. The highest BCUT2D eigenvalue weighted by Gasteiger charge is 2.44. The summed E-state index contributed by atoms with van der Waals surface area (Å²) in [5.41, 5.74) is 7.06. The van der Waals surface area contributed by atoms with Gasteiger partial charge < -0.3 is 10.1 Å². The van der Waals surface area contributed by atoms with E-state index in [4.69, 9.17) is 4.74 Å². The quantitative estimate of drug-likeness (QED) is 0.358. The number of carbonyl (C=O) groups excluding carboxylic acids is 1. The third-order valence-corrected chi connectivity index (χ3v) is 6.42. The Morgan fingerprint density at radius 1 is 1.03 bits per heavy atom. The van der Waals surface area contributed by atoms with Crippen molar-refractivity contribution < 1.29 is 9.53 Å². The number of ether oxygens (including phenoxy) is 1. The van der Waals surface area contributed by atoms with Crippen LogP contribution in [-0.2, 0) is 16.6 Å². The van der Waals surface area contributed by atoms with E-state index < -0.39 is 0 Å². The predicted octanol–water partition coefficient (Wildman–Crippen LogP) is 5.60. The van der Waals surface area contributed by atoms with Crippen molar-refractivity contribution >= 4 is 23.2 Å². The van der Waals surface area contributed by atoms with Crippen molar-refractivity contribution in [1.29, 1.82) is 0 Å². The molecule has 2 aromatic carbocycles. The molecule has 1 N–H and O–H groups in total. The van der Waals surface area contributed by atoms with E-state index in [-0.39, 0.29) is 17.8 Å². The Morgan fingerprint density at radius 3 is 2.34 bits per heavy atom. The van der Waals surface area contributed by atoms with E-state index in [0.29, 0.717) is 5.82 Å². The van der Waals surface area contributed by atoms with Gasteiger partial charge in [0.15, 0.2) is 5.82 Å². The van der Waals surface area contributed by atoms with Crippen LogP contribution in [0.15, 0.2) is 73.7 Å². The van der Waals surface area contributed by atoms with Gasteiger partial charge in [0, 0.05) is 12.6 Å². The highest BCUT2D eigenvalue weighted by atomic mass is 16.5. The minimum atomic E-state index is -0.116. The van der Waals surface area contributed by atoms with Crippen LogP contribution in [0.2, 0.25) is 0 Å². The van der Waals surface area contributed by atoms with E-state index in [1.54, 1.807) is 17.1 Å². The lowest BCUT2D eigenvalue weighted by Gasteiger charge is -2.11. The lowest BCUT2D eigenvalue weighted by atomic mass is 9.99. The first-order valence-corrected chi connectivity index (χ1v) is 11.5. The molecule has 0 saturated heterocycles. The van der Waals surface area contributed by atoms with Gasteiger partial charge in [-0.05, 0) is 47.1 Å². The van der Waals surface area contributed by atoms with Crippen molar-refractivity contribution in [2.45, 2.75) is 19.3 Å². The lowest BCUT2D eigenvalue weighted by molar-refractivity contribution is -0.142. The molecule has 1 aliphatic carbocycles. The maximum absolute atomic E-state index is 11.7. The van der Waals surface area contributed by atoms with Crippen LogP contribution >= 0.6 is 0 Å². The number of aryl methyl sites for hydroxylation is 1. The zero-order valence-electron chi connectivity index (χ0n) is 20.0. The molecule has 4 aromatic rings. The van der Waals surface area contributed by atoms with E-state index in [1.807, 2.05) is 20.2 Å². The first kappa shape index (κ1) is 22.5. The van der Waals surface area contributed by atoms with E-state index in [2.05, 4.69) is 75.5 Å². The monoisotopic (exact) mass is 465 g/mol. The molecule has 1 aliphatic rings. The molecule has 0 amide bonds. The van der Waals surface area contributed by atoms with Gasteiger partial charge in [-0.15, -0.1) is 0 Å². The maximum atomic E-state index is 11.7. The zero-order chi connectivity index (χ0) is 24.5. The first-order chi connectivity index (χ1) is 16.9. The molecule has 35 heavy (non-hydrogen) atoms. The molecule has 0 spiro atoms. The van der Waals surface area contributed by atoms with Crippen LogP contribution < -0.4 is 5.32 Å². The molecule has 5 rings (SSSR count). The van der Waals surface area contributed by atoms with Crippen LogP contribution in [0, 0.1) is 5.92 Å². The zero-order valence-corrected chi connectivity index (χ0v) is 20.0. The van der Waals surface area contributed by atoms with Crippen LogP contribution in [0.4, 0.5) is 11.6 Å². The minimum Gasteiger partial charge on any atom is -0.469 e. The molecule has 2 atom stereocenters. The second-order valence-corrected chi connectivity index (χ2v) is 8.90. The summed E-state index contributed by atoms with van der Waals surface area (Å²) >= 11 is 0. The predicted molar refractivity (Wildman–Crippen MR) is 137 cm³/mol. The number of carbonyl (C=O) groups is 1. The number of methoxy groups -OCH3 is 1. The third kappa shape index (κ3) is 4.57. The number of nitrogens with one attached hydrogen (secondary N) is 1. The Morgan fingerprint density at radius 2 is 1.69 bits per heavy atom. The Hall–Kier alpha value is -4.26. The first-order valence-electron chi connectivity index (χ1n) is 11.5. The number of esters is 1. The highest BCUT2D eigenvalue weighted by molar-refractivity contribution is 5.80. The topological polar surface area (TPSA) is 81.9 Å². The Bertz CT molecular complexity index is 1390. The van der Waals surface area contributed by atoms with E-state index in [9.17, 15) is 4.79 Å². The number of allylic oxidation sites excluding steroid dienone is 1. The van der Waals surface area contributed by atoms with Crippen LogP contribution in [0.1, 0.15) is 30.5 Å². The molecular formula is C28H27N5O2.